The Bertz CT molecular complexity index is 296. The van der Waals surface area contributed by atoms with Crippen LogP contribution in [-0.4, -0.2) is 30.4 Å². The zero-order valence-electron chi connectivity index (χ0n) is 10.9. The molecule has 0 bridgehead atoms. The zero-order chi connectivity index (χ0) is 12.0. The highest BCUT2D eigenvalue weighted by molar-refractivity contribution is 5.06. The summed E-state index contributed by atoms with van der Waals surface area (Å²) >= 11 is 0. The first-order chi connectivity index (χ1) is 7.63. The molecule has 0 aliphatic carbocycles. The van der Waals surface area contributed by atoms with E-state index in [1.165, 1.54) is 5.69 Å². The van der Waals surface area contributed by atoms with Crippen LogP contribution < -0.4 is 5.32 Å². The predicted molar refractivity (Wildman–Crippen MR) is 67.7 cm³/mol. The van der Waals surface area contributed by atoms with Gasteiger partial charge in [0.05, 0.1) is 6.61 Å². The summed E-state index contributed by atoms with van der Waals surface area (Å²) in [5, 5.41) is 3.53. The largest absolute Gasteiger partial charge is 0.383 e. The van der Waals surface area contributed by atoms with Gasteiger partial charge >= 0.3 is 0 Å². The summed E-state index contributed by atoms with van der Waals surface area (Å²) in [6, 6.07) is 5.24. The first-order valence-corrected chi connectivity index (χ1v) is 5.98. The number of hydrogen-bond acceptors (Lipinski definition) is 2. The van der Waals surface area contributed by atoms with Gasteiger partial charge in [0.2, 0.25) is 0 Å². The molecule has 0 saturated heterocycles. The highest BCUT2D eigenvalue weighted by Crippen LogP contribution is 2.05. The van der Waals surface area contributed by atoms with Gasteiger partial charge in [0.15, 0.2) is 0 Å². The molecule has 0 aromatic carbocycles. The molecular formula is C13H24N2O. The summed E-state index contributed by atoms with van der Waals surface area (Å²) in [5.41, 5.74) is 1.40. The van der Waals surface area contributed by atoms with Crippen molar-refractivity contribution in [3.05, 3.63) is 24.0 Å². The van der Waals surface area contributed by atoms with Crippen LogP contribution >= 0.6 is 0 Å². The molecule has 2 unspecified atom stereocenters. The first-order valence-electron chi connectivity index (χ1n) is 5.98. The predicted octanol–water partition coefficient (Wildman–Crippen LogP) is 1.97. The van der Waals surface area contributed by atoms with E-state index in [2.05, 4.69) is 49.1 Å². The van der Waals surface area contributed by atoms with Crippen molar-refractivity contribution in [1.29, 1.82) is 0 Å². The van der Waals surface area contributed by atoms with Crippen LogP contribution in [0.3, 0.4) is 0 Å². The summed E-state index contributed by atoms with van der Waals surface area (Å²) in [4.78, 5) is 0. The average Bonchev–Trinajstić information content (AvgIpc) is 2.61. The van der Waals surface area contributed by atoms with Gasteiger partial charge in [0, 0.05) is 38.1 Å². The van der Waals surface area contributed by atoms with Crippen molar-refractivity contribution in [2.24, 2.45) is 7.05 Å². The minimum atomic E-state index is 0.424. The summed E-state index contributed by atoms with van der Waals surface area (Å²) in [7, 11) is 3.84. The fourth-order valence-corrected chi connectivity index (χ4v) is 1.99. The third kappa shape index (κ3) is 4.37. The summed E-state index contributed by atoms with van der Waals surface area (Å²) < 4.78 is 7.29. The molecule has 1 aromatic rings. The summed E-state index contributed by atoms with van der Waals surface area (Å²) in [5.74, 6) is 0. The Morgan fingerprint density at radius 3 is 2.69 bits per heavy atom. The molecule has 1 aromatic heterocycles. The first kappa shape index (κ1) is 13.3. The van der Waals surface area contributed by atoms with Crippen LogP contribution in [0.15, 0.2) is 18.3 Å². The van der Waals surface area contributed by atoms with Crippen LogP contribution in [-0.2, 0) is 18.2 Å². The molecule has 1 heterocycles. The Morgan fingerprint density at radius 1 is 1.38 bits per heavy atom. The van der Waals surface area contributed by atoms with Gasteiger partial charge in [-0.3, -0.25) is 0 Å². The number of methoxy groups -OCH3 is 1. The second-order valence-electron chi connectivity index (χ2n) is 4.57. The molecule has 3 heteroatoms. The summed E-state index contributed by atoms with van der Waals surface area (Å²) in [6.45, 7) is 5.16. The molecule has 1 N–H and O–H groups in total. The third-order valence-electron chi connectivity index (χ3n) is 2.87. The van der Waals surface area contributed by atoms with E-state index in [1.807, 2.05) is 0 Å². The van der Waals surface area contributed by atoms with Crippen molar-refractivity contribution in [2.75, 3.05) is 13.7 Å². The Hall–Kier alpha value is -0.800. The molecule has 16 heavy (non-hydrogen) atoms. The van der Waals surface area contributed by atoms with Gasteiger partial charge in [-0.05, 0) is 38.8 Å². The van der Waals surface area contributed by atoms with Crippen LogP contribution in [0.2, 0.25) is 0 Å². The zero-order valence-corrected chi connectivity index (χ0v) is 10.9. The highest BCUT2D eigenvalue weighted by Gasteiger charge is 2.07. The smallest absolute Gasteiger partial charge is 0.0613 e. The fourth-order valence-electron chi connectivity index (χ4n) is 1.99. The number of hydrogen-bond donors (Lipinski definition) is 1. The molecule has 0 radical (unpaired) electrons. The van der Waals surface area contributed by atoms with E-state index in [4.69, 9.17) is 4.74 Å². The van der Waals surface area contributed by atoms with E-state index in [0.29, 0.717) is 12.1 Å². The van der Waals surface area contributed by atoms with Crippen molar-refractivity contribution in [2.45, 2.75) is 38.8 Å². The molecule has 0 spiro atoms. The molecule has 0 saturated carbocycles. The molecule has 0 aliphatic heterocycles. The minimum absolute atomic E-state index is 0.424. The maximum atomic E-state index is 5.11. The maximum absolute atomic E-state index is 5.11. The van der Waals surface area contributed by atoms with Crippen molar-refractivity contribution < 1.29 is 4.74 Å². The average molecular weight is 224 g/mol. The summed E-state index contributed by atoms with van der Waals surface area (Å²) in [6.07, 6.45) is 4.38. The standard InChI is InChI=1S/C13H24N2O/c1-11(14-12(2)10-16-4)7-8-13-6-5-9-15(13)3/h5-6,9,11-12,14H,7-8,10H2,1-4H3. The Morgan fingerprint density at radius 2 is 2.12 bits per heavy atom. The molecule has 0 aliphatic rings. The lowest BCUT2D eigenvalue weighted by atomic mass is 10.1. The maximum Gasteiger partial charge on any atom is 0.0613 e. The highest BCUT2D eigenvalue weighted by atomic mass is 16.5. The molecule has 3 nitrogen and oxygen atoms in total. The lowest BCUT2D eigenvalue weighted by Gasteiger charge is -2.19. The second kappa shape index (κ2) is 6.71. The molecule has 0 amide bonds. The number of nitrogens with one attached hydrogen (secondary N) is 1. The lowest BCUT2D eigenvalue weighted by molar-refractivity contribution is 0.167. The Balaban J connectivity index is 2.25. The van der Waals surface area contributed by atoms with Crippen molar-refractivity contribution in [1.82, 2.24) is 9.88 Å². The Kier molecular flexibility index (Phi) is 5.56. The van der Waals surface area contributed by atoms with Crippen molar-refractivity contribution in [3.63, 3.8) is 0 Å². The Labute approximate surface area is 98.8 Å². The van der Waals surface area contributed by atoms with E-state index < -0.39 is 0 Å². The second-order valence-corrected chi connectivity index (χ2v) is 4.57. The van der Waals surface area contributed by atoms with Crippen LogP contribution in [0.25, 0.3) is 0 Å². The van der Waals surface area contributed by atoms with Gasteiger partial charge in [0.25, 0.3) is 0 Å². The minimum Gasteiger partial charge on any atom is -0.383 e. The topological polar surface area (TPSA) is 26.2 Å². The van der Waals surface area contributed by atoms with Gasteiger partial charge in [-0.25, -0.2) is 0 Å². The van der Waals surface area contributed by atoms with Crippen molar-refractivity contribution in [3.8, 4) is 0 Å². The van der Waals surface area contributed by atoms with E-state index in [-0.39, 0.29) is 0 Å². The van der Waals surface area contributed by atoms with Crippen LogP contribution in [0, 0.1) is 0 Å². The number of ether oxygens (including phenoxy) is 1. The SMILES string of the molecule is COCC(C)NC(C)CCc1cccn1C. The fraction of sp³-hybridized carbons (Fsp3) is 0.692. The van der Waals surface area contributed by atoms with Gasteiger partial charge in [-0.1, -0.05) is 0 Å². The molecule has 0 fully saturated rings. The van der Waals surface area contributed by atoms with Crippen molar-refractivity contribution >= 4 is 0 Å². The number of nitrogens with zero attached hydrogens (tertiary/aromatic N) is 1. The molecule has 92 valence electrons. The van der Waals surface area contributed by atoms with E-state index >= 15 is 0 Å². The molecule has 1 rings (SSSR count). The number of rotatable bonds is 7. The van der Waals surface area contributed by atoms with Gasteiger partial charge in [-0.2, -0.15) is 0 Å². The van der Waals surface area contributed by atoms with E-state index in [1.54, 1.807) is 7.11 Å². The monoisotopic (exact) mass is 224 g/mol. The van der Waals surface area contributed by atoms with Gasteiger partial charge in [0.1, 0.15) is 0 Å². The van der Waals surface area contributed by atoms with Crippen LogP contribution in [0.4, 0.5) is 0 Å². The van der Waals surface area contributed by atoms with Crippen LogP contribution in [0.1, 0.15) is 26.0 Å². The quantitative estimate of drug-likeness (QED) is 0.766. The third-order valence-corrected chi connectivity index (χ3v) is 2.87. The van der Waals surface area contributed by atoms with E-state index in [0.717, 1.165) is 19.4 Å². The number of aromatic nitrogens is 1. The lowest BCUT2D eigenvalue weighted by Crippen LogP contribution is -2.37. The van der Waals surface area contributed by atoms with Gasteiger partial charge in [-0.15, -0.1) is 0 Å². The van der Waals surface area contributed by atoms with Gasteiger partial charge < -0.3 is 14.6 Å². The van der Waals surface area contributed by atoms with E-state index in [9.17, 15) is 0 Å². The normalized spacial score (nSPS) is 15.0. The van der Waals surface area contributed by atoms with Crippen LogP contribution in [0.5, 0.6) is 0 Å². The molecular weight excluding hydrogens is 200 g/mol. The number of aryl methyl sites for hydroxylation is 2. The molecule has 2 atom stereocenters.